The van der Waals surface area contributed by atoms with E-state index in [0.29, 0.717) is 6.10 Å². The zero-order valence-corrected chi connectivity index (χ0v) is 11.1. The summed E-state index contributed by atoms with van der Waals surface area (Å²) in [4.78, 5) is 0. The van der Waals surface area contributed by atoms with Gasteiger partial charge in [0.05, 0.1) is 6.10 Å². The fraction of sp³-hybridized carbons (Fsp3) is 1.00. The van der Waals surface area contributed by atoms with Crippen LogP contribution in [0.25, 0.3) is 0 Å². The summed E-state index contributed by atoms with van der Waals surface area (Å²) in [6, 6.07) is 0.723. The average Bonchev–Trinajstić information content (AvgIpc) is 2.76. The van der Waals surface area contributed by atoms with Crippen molar-refractivity contribution in [3.8, 4) is 0 Å². The highest BCUT2D eigenvalue weighted by atomic mass is 16.5. The highest BCUT2D eigenvalue weighted by Crippen LogP contribution is 2.21. The molecule has 0 aromatic carbocycles. The molecular weight excluding hydrogens is 198 g/mol. The first kappa shape index (κ1) is 14.0. The van der Waals surface area contributed by atoms with Crippen molar-refractivity contribution in [3.63, 3.8) is 0 Å². The molecule has 1 N–H and O–H groups in total. The molecule has 2 nitrogen and oxygen atoms in total. The van der Waals surface area contributed by atoms with Gasteiger partial charge in [-0.1, -0.05) is 39.0 Å². The Labute approximate surface area is 101 Å². The fourth-order valence-corrected chi connectivity index (χ4v) is 2.55. The van der Waals surface area contributed by atoms with Gasteiger partial charge in [-0.3, -0.25) is 0 Å². The van der Waals surface area contributed by atoms with E-state index in [2.05, 4.69) is 12.2 Å². The average molecular weight is 227 g/mol. The van der Waals surface area contributed by atoms with Gasteiger partial charge in [-0.05, 0) is 32.2 Å². The summed E-state index contributed by atoms with van der Waals surface area (Å²) in [5.41, 5.74) is 0. The molecule has 16 heavy (non-hydrogen) atoms. The Bertz CT molecular complexity index is 161. The summed E-state index contributed by atoms with van der Waals surface area (Å²) >= 11 is 0. The lowest BCUT2D eigenvalue weighted by atomic mass is 10.1. The SMILES string of the molecule is CCCCCCCCNC1CCC(OC)C1. The molecule has 2 unspecified atom stereocenters. The van der Waals surface area contributed by atoms with Gasteiger partial charge in [0.15, 0.2) is 0 Å². The molecule has 1 saturated carbocycles. The van der Waals surface area contributed by atoms with Crippen LogP contribution in [0.4, 0.5) is 0 Å². The molecule has 0 heterocycles. The Morgan fingerprint density at radius 2 is 1.81 bits per heavy atom. The Morgan fingerprint density at radius 1 is 1.06 bits per heavy atom. The van der Waals surface area contributed by atoms with Gasteiger partial charge in [-0.25, -0.2) is 0 Å². The van der Waals surface area contributed by atoms with Gasteiger partial charge >= 0.3 is 0 Å². The molecule has 0 aliphatic heterocycles. The maximum absolute atomic E-state index is 5.37. The van der Waals surface area contributed by atoms with Crippen LogP contribution in [0, 0.1) is 0 Å². The summed E-state index contributed by atoms with van der Waals surface area (Å²) < 4.78 is 5.37. The zero-order valence-electron chi connectivity index (χ0n) is 11.1. The molecule has 0 bridgehead atoms. The van der Waals surface area contributed by atoms with E-state index in [1.807, 2.05) is 7.11 Å². The molecule has 1 aliphatic rings. The molecule has 0 spiro atoms. The minimum atomic E-state index is 0.516. The first-order valence-electron chi connectivity index (χ1n) is 7.13. The summed E-state index contributed by atoms with van der Waals surface area (Å²) in [7, 11) is 1.83. The van der Waals surface area contributed by atoms with Crippen LogP contribution in [-0.2, 0) is 4.74 Å². The fourth-order valence-electron chi connectivity index (χ4n) is 2.55. The van der Waals surface area contributed by atoms with Crippen molar-refractivity contribution in [3.05, 3.63) is 0 Å². The van der Waals surface area contributed by atoms with E-state index in [1.54, 1.807) is 0 Å². The molecular formula is C14H29NO. The monoisotopic (exact) mass is 227 g/mol. The van der Waals surface area contributed by atoms with E-state index in [-0.39, 0.29) is 0 Å². The Hall–Kier alpha value is -0.0800. The number of hydrogen-bond acceptors (Lipinski definition) is 2. The standard InChI is InChI=1S/C14H29NO/c1-3-4-5-6-7-8-11-15-13-9-10-14(12-13)16-2/h13-15H,3-12H2,1-2H3. The van der Waals surface area contributed by atoms with E-state index < -0.39 is 0 Å². The topological polar surface area (TPSA) is 21.3 Å². The van der Waals surface area contributed by atoms with Crippen molar-refractivity contribution in [1.29, 1.82) is 0 Å². The van der Waals surface area contributed by atoms with Crippen LogP contribution < -0.4 is 5.32 Å². The van der Waals surface area contributed by atoms with E-state index in [1.165, 1.54) is 64.3 Å². The maximum Gasteiger partial charge on any atom is 0.0586 e. The maximum atomic E-state index is 5.37. The number of hydrogen-bond donors (Lipinski definition) is 1. The summed E-state index contributed by atoms with van der Waals surface area (Å²) in [6.45, 7) is 3.47. The first-order chi connectivity index (χ1) is 7.86. The van der Waals surface area contributed by atoms with Crippen molar-refractivity contribution >= 4 is 0 Å². The predicted molar refractivity (Wildman–Crippen MR) is 69.8 cm³/mol. The number of methoxy groups -OCH3 is 1. The minimum absolute atomic E-state index is 0.516. The van der Waals surface area contributed by atoms with Gasteiger partial charge in [0.1, 0.15) is 0 Å². The molecule has 96 valence electrons. The van der Waals surface area contributed by atoms with Crippen LogP contribution >= 0.6 is 0 Å². The van der Waals surface area contributed by atoms with Crippen molar-refractivity contribution in [2.24, 2.45) is 0 Å². The van der Waals surface area contributed by atoms with Crippen LogP contribution in [-0.4, -0.2) is 25.8 Å². The molecule has 0 radical (unpaired) electrons. The molecule has 1 aliphatic carbocycles. The van der Waals surface area contributed by atoms with Gasteiger partial charge < -0.3 is 10.1 Å². The third-order valence-electron chi connectivity index (χ3n) is 3.68. The van der Waals surface area contributed by atoms with Gasteiger partial charge in [0, 0.05) is 13.2 Å². The van der Waals surface area contributed by atoms with E-state index >= 15 is 0 Å². The molecule has 1 rings (SSSR count). The number of rotatable bonds is 9. The molecule has 0 saturated heterocycles. The Kier molecular flexibility index (Phi) is 7.87. The largest absolute Gasteiger partial charge is 0.381 e. The normalized spacial score (nSPS) is 25.1. The molecule has 1 fully saturated rings. The van der Waals surface area contributed by atoms with Crippen LogP contribution in [0.5, 0.6) is 0 Å². The summed E-state index contributed by atoms with van der Waals surface area (Å²) in [6.07, 6.45) is 12.6. The lowest BCUT2D eigenvalue weighted by molar-refractivity contribution is 0.107. The molecule has 0 aromatic rings. The van der Waals surface area contributed by atoms with Crippen LogP contribution in [0.1, 0.15) is 64.7 Å². The smallest absolute Gasteiger partial charge is 0.0586 e. The van der Waals surface area contributed by atoms with E-state index in [0.717, 1.165) is 6.04 Å². The quantitative estimate of drug-likeness (QED) is 0.609. The van der Waals surface area contributed by atoms with Crippen molar-refractivity contribution in [2.75, 3.05) is 13.7 Å². The Morgan fingerprint density at radius 3 is 2.50 bits per heavy atom. The predicted octanol–water partition coefficient (Wildman–Crippen LogP) is 3.50. The number of nitrogens with one attached hydrogen (secondary N) is 1. The molecule has 2 heteroatoms. The van der Waals surface area contributed by atoms with Crippen molar-refractivity contribution in [1.82, 2.24) is 5.32 Å². The first-order valence-corrected chi connectivity index (χ1v) is 7.13. The van der Waals surface area contributed by atoms with Gasteiger partial charge in [0.25, 0.3) is 0 Å². The van der Waals surface area contributed by atoms with Crippen molar-refractivity contribution in [2.45, 2.75) is 76.9 Å². The third kappa shape index (κ3) is 5.86. The molecule has 0 aromatic heterocycles. The number of unbranched alkanes of at least 4 members (excludes halogenated alkanes) is 5. The van der Waals surface area contributed by atoms with Crippen LogP contribution in [0.2, 0.25) is 0 Å². The lowest BCUT2D eigenvalue weighted by Crippen LogP contribution is -2.28. The molecule has 0 amide bonds. The van der Waals surface area contributed by atoms with Gasteiger partial charge in [-0.2, -0.15) is 0 Å². The lowest BCUT2D eigenvalue weighted by Gasteiger charge is -2.12. The van der Waals surface area contributed by atoms with Gasteiger partial charge in [-0.15, -0.1) is 0 Å². The van der Waals surface area contributed by atoms with E-state index in [9.17, 15) is 0 Å². The Balaban J connectivity index is 1.84. The van der Waals surface area contributed by atoms with Crippen LogP contribution in [0.3, 0.4) is 0 Å². The van der Waals surface area contributed by atoms with Crippen molar-refractivity contribution < 1.29 is 4.74 Å². The second-order valence-corrected chi connectivity index (χ2v) is 5.09. The van der Waals surface area contributed by atoms with E-state index in [4.69, 9.17) is 4.74 Å². The summed E-state index contributed by atoms with van der Waals surface area (Å²) in [5.74, 6) is 0. The second kappa shape index (κ2) is 9.00. The summed E-state index contributed by atoms with van der Waals surface area (Å²) in [5, 5.41) is 3.66. The van der Waals surface area contributed by atoms with Gasteiger partial charge in [0.2, 0.25) is 0 Å². The molecule has 2 atom stereocenters. The highest BCUT2D eigenvalue weighted by Gasteiger charge is 2.23. The number of ether oxygens (including phenoxy) is 1. The second-order valence-electron chi connectivity index (χ2n) is 5.09. The van der Waals surface area contributed by atoms with Crippen LogP contribution in [0.15, 0.2) is 0 Å². The minimum Gasteiger partial charge on any atom is -0.381 e. The zero-order chi connectivity index (χ0) is 11.6. The highest BCUT2D eigenvalue weighted by molar-refractivity contribution is 4.80. The third-order valence-corrected chi connectivity index (χ3v) is 3.68.